The summed E-state index contributed by atoms with van der Waals surface area (Å²) >= 11 is 6.96. The van der Waals surface area contributed by atoms with Crippen LogP contribution in [0.4, 0.5) is 0 Å². The van der Waals surface area contributed by atoms with Crippen molar-refractivity contribution < 1.29 is 9.53 Å². The first-order valence-electron chi connectivity index (χ1n) is 7.39. The Morgan fingerprint density at radius 2 is 1.75 bits per heavy atom. The standard InChI is InChI=1S/C18H11Br2NO3/c1-2-24-17-12-8-5-3-4-6-9(8)16(22)13-10(19)7-11(20)15(14(12)13)21-18(17)23/h3-7H,2H2,1H3,(H,21,23). The van der Waals surface area contributed by atoms with E-state index in [2.05, 4.69) is 36.8 Å². The number of aromatic amines is 1. The van der Waals surface area contributed by atoms with E-state index in [0.717, 1.165) is 5.56 Å². The third-order valence-corrected chi connectivity index (χ3v) is 5.36. The normalized spacial score (nSPS) is 12.4. The summed E-state index contributed by atoms with van der Waals surface area (Å²) in [6.45, 7) is 2.19. The van der Waals surface area contributed by atoms with Gasteiger partial charge in [0.25, 0.3) is 5.56 Å². The molecule has 0 saturated carbocycles. The number of ketones is 1. The average molecular weight is 449 g/mol. The van der Waals surface area contributed by atoms with Crippen molar-refractivity contribution in [1.29, 1.82) is 0 Å². The summed E-state index contributed by atoms with van der Waals surface area (Å²) in [6.07, 6.45) is 0. The van der Waals surface area contributed by atoms with Crippen LogP contribution < -0.4 is 10.3 Å². The fourth-order valence-electron chi connectivity index (χ4n) is 3.18. The summed E-state index contributed by atoms with van der Waals surface area (Å²) < 4.78 is 7.03. The quantitative estimate of drug-likeness (QED) is 0.485. The van der Waals surface area contributed by atoms with E-state index in [4.69, 9.17) is 4.74 Å². The van der Waals surface area contributed by atoms with Crippen molar-refractivity contribution in [2.75, 3.05) is 6.61 Å². The Morgan fingerprint density at radius 1 is 1.04 bits per heavy atom. The van der Waals surface area contributed by atoms with Crippen molar-refractivity contribution in [1.82, 2.24) is 4.98 Å². The summed E-state index contributed by atoms with van der Waals surface area (Å²) in [5.41, 5.74) is 2.79. The number of fused-ring (bicyclic) bond motifs is 2. The van der Waals surface area contributed by atoms with E-state index >= 15 is 0 Å². The number of hydrogen-bond donors (Lipinski definition) is 1. The predicted molar refractivity (Wildman–Crippen MR) is 100 cm³/mol. The molecule has 4 rings (SSSR count). The Morgan fingerprint density at radius 3 is 2.46 bits per heavy atom. The van der Waals surface area contributed by atoms with Crippen molar-refractivity contribution in [3.63, 3.8) is 0 Å². The molecule has 0 saturated heterocycles. The highest BCUT2D eigenvalue weighted by molar-refractivity contribution is 9.11. The lowest BCUT2D eigenvalue weighted by Gasteiger charge is -2.23. The SMILES string of the molecule is CCOc1c2c3c(c(Br)cc(Br)c3[nH]c1=O)C(=O)c1ccccc1-2. The lowest BCUT2D eigenvalue weighted by Crippen LogP contribution is -2.18. The minimum absolute atomic E-state index is 0.0722. The first-order valence-corrected chi connectivity index (χ1v) is 8.98. The Labute approximate surface area is 154 Å². The van der Waals surface area contributed by atoms with Crippen LogP contribution >= 0.6 is 31.9 Å². The molecule has 4 nitrogen and oxygen atoms in total. The van der Waals surface area contributed by atoms with Crippen molar-refractivity contribution in [2.24, 2.45) is 0 Å². The van der Waals surface area contributed by atoms with Crippen LogP contribution in [0.25, 0.3) is 22.0 Å². The number of hydrogen-bond acceptors (Lipinski definition) is 3. The summed E-state index contributed by atoms with van der Waals surface area (Å²) in [4.78, 5) is 28.4. The largest absolute Gasteiger partial charge is 0.488 e. The maximum absolute atomic E-state index is 13.0. The van der Waals surface area contributed by atoms with Crippen LogP contribution in [0.5, 0.6) is 5.75 Å². The highest BCUT2D eigenvalue weighted by Gasteiger charge is 2.31. The van der Waals surface area contributed by atoms with E-state index in [1.165, 1.54) is 0 Å². The highest BCUT2D eigenvalue weighted by atomic mass is 79.9. The van der Waals surface area contributed by atoms with E-state index in [0.29, 0.717) is 43.1 Å². The van der Waals surface area contributed by atoms with Crippen molar-refractivity contribution in [3.05, 3.63) is 60.8 Å². The van der Waals surface area contributed by atoms with Gasteiger partial charge in [-0.3, -0.25) is 9.59 Å². The van der Waals surface area contributed by atoms with E-state index < -0.39 is 0 Å². The Hall–Kier alpha value is -1.92. The van der Waals surface area contributed by atoms with Gasteiger partial charge in [-0.05, 0) is 50.4 Å². The minimum atomic E-state index is -0.308. The van der Waals surface area contributed by atoms with Crippen LogP contribution in [0.3, 0.4) is 0 Å². The fraction of sp³-hybridized carbons (Fsp3) is 0.111. The number of nitrogens with one attached hydrogen (secondary N) is 1. The number of carbonyl (C=O) groups is 1. The van der Waals surface area contributed by atoms with Crippen LogP contribution in [0.2, 0.25) is 0 Å². The molecule has 0 amide bonds. The summed E-state index contributed by atoms with van der Waals surface area (Å²) in [5, 5.41) is 0.697. The van der Waals surface area contributed by atoms with E-state index in [1.54, 1.807) is 12.1 Å². The number of benzene rings is 2. The maximum Gasteiger partial charge on any atom is 0.291 e. The number of rotatable bonds is 2. The number of ether oxygens (including phenoxy) is 1. The lowest BCUT2D eigenvalue weighted by atomic mass is 9.84. The van der Waals surface area contributed by atoms with Crippen LogP contribution in [-0.2, 0) is 0 Å². The Balaban J connectivity index is 2.33. The van der Waals surface area contributed by atoms with Gasteiger partial charge >= 0.3 is 0 Å². The van der Waals surface area contributed by atoms with E-state index in [9.17, 15) is 9.59 Å². The second-order valence-electron chi connectivity index (χ2n) is 5.43. The Bertz CT molecular complexity index is 1090. The molecule has 3 aromatic rings. The topological polar surface area (TPSA) is 59.2 Å². The number of aromatic nitrogens is 1. The van der Waals surface area contributed by atoms with Crippen molar-refractivity contribution in [3.8, 4) is 16.9 Å². The first kappa shape index (κ1) is 15.6. The Kier molecular flexibility index (Phi) is 3.62. The first-order chi connectivity index (χ1) is 11.5. The third-order valence-electron chi connectivity index (χ3n) is 4.11. The summed E-state index contributed by atoms with van der Waals surface area (Å²) in [6, 6.07) is 9.08. The molecular formula is C18H11Br2NO3. The molecule has 24 heavy (non-hydrogen) atoms. The van der Waals surface area contributed by atoms with Gasteiger partial charge < -0.3 is 9.72 Å². The summed E-state index contributed by atoms with van der Waals surface area (Å²) in [5.74, 6) is 0.174. The molecule has 1 N–H and O–H groups in total. The van der Waals surface area contributed by atoms with Gasteiger partial charge in [0.15, 0.2) is 11.5 Å². The fourth-order valence-corrected chi connectivity index (χ4v) is 4.62. The molecule has 2 aromatic carbocycles. The number of carbonyl (C=O) groups excluding carboxylic acids is 1. The molecule has 0 bridgehead atoms. The molecule has 0 fully saturated rings. The molecule has 6 heteroatoms. The van der Waals surface area contributed by atoms with Gasteiger partial charge in [-0.15, -0.1) is 0 Å². The highest BCUT2D eigenvalue weighted by Crippen LogP contribution is 2.46. The molecule has 1 aromatic heterocycles. The second-order valence-corrected chi connectivity index (χ2v) is 7.14. The third kappa shape index (κ3) is 2.03. The van der Waals surface area contributed by atoms with Gasteiger partial charge in [-0.2, -0.15) is 0 Å². The number of H-pyrrole nitrogens is 1. The molecule has 120 valence electrons. The minimum Gasteiger partial charge on any atom is -0.488 e. The molecule has 1 heterocycles. The molecule has 0 radical (unpaired) electrons. The lowest BCUT2D eigenvalue weighted by molar-refractivity contribution is 0.103. The van der Waals surface area contributed by atoms with Crippen LogP contribution in [-0.4, -0.2) is 17.4 Å². The zero-order chi connectivity index (χ0) is 17.0. The molecule has 0 aliphatic heterocycles. The van der Waals surface area contributed by atoms with Crippen LogP contribution in [0, 0.1) is 0 Å². The van der Waals surface area contributed by atoms with Crippen molar-refractivity contribution in [2.45, 2.75) is 6.92 Å². The van der Waals surface area contributed by atoms with Gasteiger partial charge in [0, 0.05) is 31.0 Å². The monoisotopic (exact) mass is 447 g/mol. The number of pyridine rings is 1. The molecule has 0 atom stereocenters. The molecule has 0 spiro atoms. The maximum atomic E-state index is 13.0. The molecule has 1 aliphatic carbocycles. The van der Waals surface area contributed by atoms with Crippen LogP contribution in [0.1, 0.15) is 22.8 Å². The van der Waals surface area contributed by atoms with Gasteiger partial charge in [0.2, 0.25) is 0 Å². The summed E-state index contributed by atoms with van der Waals surface area (Å²) in [7, 11) is 0. The average Bonchev–Trinajstić information content (AvgIpc) is 2.56. The molecule has 0 unspecified atom stereocenters. The van der Waals surface area contributed by atoms with Crippen LogP contribution in [0.15, 0.2) is 44.1 Å². The van der Waals surface area contributed by atoms with Gasteiger partial charge in [0.1, 0.15) is 0 Å². The zero-order valence-corrected chi connectivity index (χ0v) is 15.7. The molecular weight excluding hydrogens is 438 g/mol. The van der Waals surface area contributed by atoms with E-state index in [-0.39, 0.29) is 17.1 Å². The predicted octanol–water partition coefficient (Wildman–Crippen LogP) is 4.66. The number of halogens is 2. The van der Waals surface area contributed by atoms with Crippen molar-refractivity contribution >= 4 is 48.5 Å². The van der Waals surface area contributed by atoms with Gasteiger partial charge in [-0.1, -0.05) is 24.3 Å². The second kappa shape index (κ2) is 5.57. The van der Waals surface area contributed by atoms with E-state index in [1.807, 2.05) is 25.1 Å². The van der Waals surface area contributed by atoms with Gasteiger partial charge in [-0.25, -0.2) is 0 Å². The molecule has 1 aliphatic rings. The zero-order valence-electron chi connectivity index (χ0n) is 12.6. The smallest absolute Gasteiger partial charge is 0.291 e. The van der Waals surface area contributed by atoms with Gasteiger partial charge in [0.05, 0.1) is 12.1 Å².